The van der Waals surface area contributed by atoms with E-state index in [-0.39, 0.29) is 18.4 Å². The third kappa shape index (κ3) is 6.92. The summed E-state index contributed by atoms with van der Waals surface area (Å²) in [6.07, 6.45) is 3.66. The molecule has 0 N–H and O–H groups in total. The lowest BCUT2D eigenvalue weighted by Gasteiger charge is -2.27. The van der Waals surface area contributed by atoms with Gasteiger partial charge in [-0.05, 0) is 29.8 Å². The molecule has 0 bridgehead atoms. The van der Waals surface area contributed by atoms with Crippen molar-refractivity contribution in [2.24, 2.45) is 0 Å². The first-order valence-corrected chi connectivity index (χ1v) is 11.0. The van der Waals surface area contributed by atoms with E-state index >= 15 is 0 Å². The van der Waals surface area contributed by atoms with Gasteiger partial charge in [0.25, 0.3) is 5.91 Å². The van der Waals surface area contributed by atoms with E-state index in [0.717, 1.165) is 12.2 Å². The van der Waals surface area contributed by atoms with Crippen molar-refractivity contribution in [2.45, 2.75) is 13.1 Å². The molecular formula is C27H31N3O3. The molecule has 0 saturated carbocycles. The molecule has 33 heavy (non-hydrogen) atoms. The topological polar surface area (TPSA) is 54.8 Å². The summed E-state index contributed by atoms with van der Waals surface area (Å²) in [5.74, 6) is -0.325. The number of amides is 2. The molecule has 172 valence electrons. The molecule has 3 aromatic rings. The second-order valence-electron chi connectivity index (χ2n) is 7.76. The minimum absolute atomic E-state index is 0.0249. The van der Waals surface area contributed by atoms with E-state index in [1.54, 1.807) is 30.2 Å². The first kappa shape index (κ1) is 24.0. The second-order valence-corrected chi connectivity index (χ2v) is 7.76. The number of hydrogen-bond acceptors (Lipinski definition) is 3. The number of carbonyl (C=O) groups is 2. The number of benzene rings is 2. The van der Waals surface area contributed by atoms with Gasteiger partial charge in [0.2, 0.25) is 5.91 Å². The van der Waals surface area contributed by atoms with Crippen LogP contribution in [0.1, 0.15) is 21.6 Å². The van der Waals surface area contributed by atoms with E-state index in [9.17, 15) is 9.59 Å². The summed E-state index contributed by atoms with van der Waals surface area (Å²) in [6, 6.07) is 23.2. The lowest BCUT2D eigenvalue weighted by atomic mass is 10.2. The monoisotopic (exact) mass is 445 g/mol. The molecule has 0 aliphatic heterocycles. The van der Waals surface area contributed by atoms with Crippen LogP contribution < -0.4 is 0 Å². The number of rotatable bonds is 12. The summed E-state index contributed by atoms with van der Waals surface area (Å²) in [5.41, 5.74) is 2.76. The quantitative estimate of drug-likeness (QED) is 0.398. The van der Waals surface area contributed by atoms with Gasteiger partial charge in [-0.15, -0.1) is 6.58 Å². The normalized spacial score (nSPS) is 10.6. The molecule has 0 aliphatic rings. The van der Waals surface area contributed by atoms with Crippen molar-refractivity contribution >= 4 is 11.8 Å². The van der Waals surface area contributed by atoms with Crippen LogP contribution in [0.5, 0.6) is 0 Å². The third-order valence-electron chi connectivity index (χ3n) is 5.37. The molecule has 6 heteroatoms. The average Bonchev–Trinajstić information content (AvgIpc) is 3.28. The minimum atomic E-state index is -0.192. The van der Waals surface area contributed by atoms with Crippen LogP contribution in [0.25, 0.3) is 0 Å². The zero-order chi connectivity index (χ0) is 23.5. The lowest BCUT2D eigenvalue weighted by Crippen LogP contribution is -2.44. The standard InChI is InChI=1S/C27H31N3O3/c1-3-16-30(27(32)24-13-8-5-9-14-24)22-26(31)29(18-19-33-2)21-25-15-10-17-28(25)20-23-11-6-4-7-12-23/h3-15,17H,1,16,18-22H2,2H3. The van der Waals surface area contributed by atoms with Gasteiger partial charge in [-0.2, -0.15) is 0 Å². The van der Waals surface area contributed by atoms with Crippen molar-refractivity contribution in [3.8, 4) is 0 Å². The zero-order valence-electron chi connectivity index (χ0n) is 19.1. The Morgan fingerprint density at radius 2 is 1.67 bits per heavy atom. The van der Waals surface area contributed by atoms with Crippen molar-refractivity contribution in [3.05, 3.63) is 108 Å². The Hall–Kier alpha value is -3.64. The van der Waals surface area contributed by atoms with Crippen LogP contribution in [-0.2, 0) is 22.6 Å². The molecule has 2 amide bonds. The maximum absolute atomic E-state index is 13.3. The van der Waals surface area contributed by atoms with Gasteiger partial charge in [0, 0.05) is 44.2 Å². The minimum Gasteiger partial charge on any atom is -0.383 e. The highest BCUT2D eigenvalue weighted by atomic mass is 16.5. The Morgan fingerprint density at radius 3 is 2.33 bits per heavy atom. The number of nitrogens with zero attached hydrogens (tertiary/aromatic N) is 3. The number of methoxy groups -OCH3 is 1. The van der Waals surface area contributed by atoms with Gasteiger partial charge >= 0.3 is 0 Å². The number of ether oxygens (including phenoxy) is 1. The predicted octanol–water partition coefficient (Wildman–Crippen LogP) is 3.84. The lowest BCUT2D eigenvalue weighted by molar-refractivity contribution is -0.133. The molecule has 0 unspecified atom stereocenters. The van der Waals surface area contributed by atoms with Gasteiger partial charge in [-0.3, -0.25) is 9.59 Å². The zero-order valence-corrected chi connectivity index (χ0v) is 19.1. The molecule has 0 saturated heterocycles. The molecule has 1 heterocycles. The van der Waals surface area contributed by atoms with E-state index in [0.29, 0.717) is 31.8 Å². The van der Waals surface area contributed by atoms with E-state index < -0.39 is 0 Å². The highest BCUT2D eigenvalue weighted by Gasteiger charge is 2.22. The Balaban J connectivity index is 1.74. The molecule has 0 radical (unpaired) electrons. The summed E-state index contributed by atoms with van der Waals surface area (Å²) < 4.78 is 7.38. The maximum atomic E-state index is 13.3. The number of hydrogen-bond donors (Lipinski definition) is 0. The van der Waals surface area contributed by atoms with Gasteiger partial charge in [0.1, 0.15) is 6.54 Å². The van der Waals surface area contributed by atoms with Gasteiger partial charge < -0.3 is 19.1 Å². The SMILES string of the molecule is C=CCN(CC(=O)N(CCOC)Cc1cccn1Cc1ccccc1)C(=O)c1ccccc1. The van der Waals surface area contributed by atoms with Crippen LogP contribution in [0.3, 0.4) is 0 Å². The first-order chi connectivity index (χ1) is 16.1. The molecule has 2 aromatic carbocycles. The number of aromatic nitrogens is 1. The predicted molar refractivity (Wildman–Crippen MR) is 130 cm³/mol. The van der Waals surface area contributed by atoms with Crippen molar-refractivity contribution < 1.29 is 14.3 Å². The molecule has 1 aromatic heterocycles. The van der Waals surface area contributed by atoms with E-state index in [1.807, 2.05) is 54.7 Å². The van der Waals surface area contributed by atoms with Gasteiger partial charge in [0.15, 0.2) is 0 Å². The Bertz CT molecular complexity index is 1030. The van der Waals surface area contributed by atoms with Crippen LogP contribution >= 0.6 is 0 Å². The molecule has 6 nitrogen and oxygen atoms in total. The summed E-state index contributed by atoms with van der Waals surface area (Å²) in [7, 11) is 1.61. The van der Waals surface area contributed by atoms with E-state index in [1.165, 1.54) is 10.5 Å². The molecule has 3 rings (SSSR count). The number of carbonyl (C=O) groups excluding carboxylic acids is 2. The molecular weight excluding hydrogens is 414 g/mol. The summed E-state index contributed by atoms with van der Waals surface area (Å²) in [4.78, 5) is 29.5. The molecule has 0 fully saturated rings. The third-order valence-corrected chi connectivity index (χ3v) is 5.37. The van der Waals surface area contributed by atoms with Crippen LogP contribution in [0, 0.1) is 0 Å². The second kappa shape index (κ2) is 12.4. The van der Waals surface area contributed by atoms with Crippen LogP contribution in [-0.4, -0.2) is 59.5 Å². The average molecular weight is 446 g/mol. The fourth-order valence-electron chi connectivity index (χ4n) is 3.62. The first-order valence-electron chi connectivity index (χ1n) is 11.0. The van der Waals surface area contributed by atoms with E-state index in [4.69, 9.17) is 4.74 Å². The van der Waals surface area contributed by atoms with Crippen molar-refractivity contribution in [2.75, 3.05) is 33.4 Å². The summed E-state index contributed by atoms with van der Waals surface area (Å²) in [6.45, 7) is 6.03. The van der Waals surface area contributed by atoms with E-state index in [2.05, 4.69) is 23.3 Å². The fourth-order valence-corrected chi connectivity index (χ4v) is 3.62. The Labute approximate surface area is 195 Å². The maximum Gasteiger partial charge on any atom is 0.254 e. The summed E-state index contributed by atoms with van der Waals surface area (Å²) in [5, 5.41) is 0. The van der Waals surface area contributed by atoms with Gasteiger partial charge in [-0.25, -0.2) is 0 Å². The molecule has 0 aliphatic carbocycles. The van der Waals surface area contributed by atoms with Crippen molar-refractivity contribution in [1.29, 1.82) is 0 Å². The van der Waals surface area contributed by atoms with Crippen LogP contribution in [0.2, 0.25) is 0 Å². The smallest absolute Gasteiger partial charge is 0.254 e. The Kier molecular flexibility index (Phi) is 9.03. The van der Waals surface area contributed by atoms with Crippen LogP contribution in [0.4, 0.5) is 0 Å². The summed E-state index contributed by atoms with van der Waals surface area (Å²) >= 11 is 0. The highest BCUT2D eigenvalue weighted by molar-refractivity contribution is 5.96. The van der Waals surface area contributed by atoms with Gasteiger partial charge in [0.05, 0.1) is 13.2 Å². The highest BCUT2D eigenvalue weighted by Crippen LogP contribution is 2.12. The molecule has 0 atom stereocenters. The van der Waals surface area contributed by atoms with Crippen LogP contribution in [0.15, 0.2) is 91.6 Å². The van der Waals surface area contributed by atoms with Crippen molar-refractivity contribution in [1.82, 2.24) is 14.4 Å². The Morgan fingerprint density at radius 1 is 0.970 bits per heavy atom. The fraction of sp³-hybridized carbons (Fsp3) is 0.259. The van der Waals surface area contributed by atoms with Crippen molar-refractivity contribution in [3.63, 3.8) is 0 Å². The van der Waals surface area contributed by atoms with Gasteiger partial charge in [-0.1, -0.05) is 54.6 Å². The molecule has 0 spiro atoms. The largest absolute Gasteiger partial charge is 0.383 e.